The van der Waals surface area contributed by atoms with Crippen LogP contribution >= 0.6 is 0 Å². The van der Waals surface area contributed by atoms with Crippen molar-refractivity contribution >= 4 is 0 Å². The summed E-state index contributed by atoms with van der Waals surface area (Å²) in [5, 5.41) is 7.00. The molecule has 1 saturated heterocycles. The molecule has 0 saturated carbocycles. The van der Waals surface area contributed by atoms with Crippen LogP contribution < -0.4 is 15.4 Å². The van der Waals surface area contributed by atoms with Crippen LogP contribution in [0.4, 0.5) is 0 Å². The van der Waals surface area contributed by atoms with Crippen molar-refractivity contribution in [2.24, 2.45) is 5.92 Å². The summed E-state index contributed by atoms with van der Waals surface area (Å²) in [6.45, 7) is 6.54. The number of benzene rings is 1. The Morgan fingerprint density at radius 1 is 1.32 bits per heavy atom. The minimum Gasteiger partial charge on any atom is -0.496 e. The molecule has 1 aromatic carbocycles. The van der Waals surface area contributed by atoms with Gasteiger partial charge in [0.05, 0.1) is 7.11 Å². The number of methoxy groups -OCH3 is 1. The molecule has 1 fully saturated rings. The van der Waals surface area contributed by atoms with E-state index in [1.54, 1.807) is 7.11 Å². The second kappa shape index (κ2) is 7.51. The van der Waals surface area contributed by atoms with Crippen LogP contribution in [-0.2, 0) is 13.0 Å². The van der Waals surface area contributed by atoms with Crippen molar-refractivity contribution in [2.45, 2.75) is 32.7 Å². The highest BCUT2D eigenvalue weighted by atomic mass is 16.5. The first-order valence-electron chi connectivity index (χ1n) is 7.40. The van der Waals surface area contributed by atoms with Gasteiger partial charge < -0.3 is 15.4 Å². The topological polar surface area (TPSA) is 33.3 Å². The number of hydrogen-bond donors (Lipinski definition) is 2. The summed E-state index contributed by atoms with van der Waals surface area (Å²) in [6, 6.07) is 6.49. The van der Waals surface area contributed by atoms with E-state index in [0.717, 1.165) is 31.2 Å². The maximum atomic E-state index is 5.44. The molecule has 2 N–H and O–H groups in total. The Hall–Kier alpha value is -1.06. The quantitative estimate of drug-likeness (QED) is 0.825. The fourth-order valence-electron chi connectivity index (χ4n) is 2.69. The van der Waals surface area contributed by atoms with Crippen LogP contribution in [0, 0.1) is 5.92 Å². The summed E-state index contributed by atoms with van der Waals surface area (Å²) in [7, 11) is 1.75. The number of aryl methyl sites for hydroxylation is 1. The van der Waals surface area contributed by atoms with Crippen LogP contribution in [0.3, 0.4) is 0 Å². The van der Waals surface area contributed by atoms with E-state index in [1.807, 2.05) is 0 Å². The SMILES string of the molecule is CCc1ccc(OC)c(CNCC2CCNCC2)c1. The number of rotatable bonds is 6. The number of piperidine rings is 1. The second-order valence-corrected chi connectivity index (χ2v) is 5.32. The Morgan fingerprint density at radius 2 is 2.11 bits per heavy atom. The van der Waals surface area contributed by atoms with Gasteiger partial charge in [-0.3, -0.25) is 0 Å². The molecule has 0 aromatic heterocycles. The average molecular weight is 262 g/mol. The van der Waals surface area contributed by atoms with E-state index in [2.05, 4.69) is 35.8 Å². The largest absolute Gasteiger partial charge is 0.496 e. The molecule has 1 aliphatic rings. The third-order valence-corrected chi connectivity index (χ3v) is 3.96. The summed E-state index contributed by atoms with van der Waals surface area (Å²) in [5.74, 6) is 1.82. The predicted molar refractivity (Wildman–Crippen MR) is 79.7 cm³/mol. The molecule has 2 rings (SSSR count). The van der Waals surface area contributed by atoms with Gasteiger partial charge in [0.15, 0.2) is 0 Å². The molecule has 106 valence electrons. The van der Waals surface area contributed by atoms with Crippen molar-refractivity contribution in [3.05, 3.63) is 29.3 Å². The number of hydrogen-bond acceptors (Lipinski definition) is 3. The molecule has 1 heterocycles. The normalized spacial score (nSPS) is 16.5. The number of nitrogens with one attached hydrogen (secondary N) is 2. The highest BCUT2D eigenvalue weighted by molar-refractivity contribution is 5.37. The van der Waals surface area contributed by atoms with Gasteiger partial charge in [-0.15, -0.1) is 0 Å². The zero-order chi connectivity index (χ0) is 13.5. The Kier molecular flexibility index (Phi) is 5.67. The molecule has 0 aliphatic carbocycles. The van der Waals surface area contributed by atoms with Crippen molar-refractivity contribution in [2.75, 3.05) is 26.7 Å². The standard InChI is InChI=1S/C16H26N2O/c1-3-13-4-5-16(19-2)15(10-13)12-18-11-14-6-8-17-9-7-14/h4-5,10,14,17-18H,3,6-9,11-12H2,1-2H3. The fraction of sp³-hybridized carbons (Fsp3) is 0.625. The molecule has 0 radical (unpaired) electrons. The van der Waals surface area contributed by atoms with Crippen LogP contribution in [0.2, 0.25) is 0 Å². The third-order valence-electron chi connectivity index (χ3n) is 3.96. The van der Waals surface area contributed by atoms with Gasteiger partial charge in [-0.1, -0.05) is 19.1 Å². The first-order valence-corrected chi connectivity index (χ1v) is 7.40. The van der Waals surface area contributed by atoms with Crippen LogP contribution in [0.15, 0.2) is 18.2 Å². The van der Waals surface area contributed by atoms with Gasteiger partial charge in [0.1, 0.15) is 5.75 Å². The van der Waals surface area contributed by atoms with Crippen molar-refractivity contribution in [1.82, 2.24) is 10.6 Å². The summed E-state index contributed by atoms with van der Waals surface area (Å²) in [5.41, 5.74) is 2.65. The average Bonchev–Trinajstić information content (AvgIpc) is 2.48. The van der Waals surface area contributed by atoms with E-state index in [9.17, 15) is 0 Å². The lowest BCUT2D eigenvalue weighted by Crippen LogP contribution is -2.33. The summed E-state index contributed by atoms with van der Waals surface area (Å²) >= 11 is 0. The van der Waals surface area contributed by atoms with Crippen molar-refractivity contribution in [3.63, 3.8) is 0 Å². The van der Waals surface area contributed by atoms with Gasteiger partial charge >= 0.3 is 0 Å². The lowest BCUT2D eigenvalue weighted by molar-refractivity contribution is 0.354. The van der Waals surface area contributed by atoms with E-state index < -0.39 is 0 Å². The van der Waals surface area contributed by atoms with Crippen molar-refractivity contribution < 1.29 is 4.74 Å². The first-order chi connectivity index (χ1) is 9.33. The molecule has 0 atom stereocenters. The lowest BCUT2D eigenvalue weighted by Gasteiger charge is -2.23. The van der Waals surface area contributed by atoms with Crippen LogP contribution in [0.1, 0.15) is 30.9 Å². The van der Waals surface area contributed by atoms with Gasteiger partial charge in [0.25, 0.3) is 0 Å². The smallest absolute Gasteiger partial charge is 0.123 e. The predicted octanol–water partition coefficient (Wildman–Crippen LogP) is 2.35. The molecule has 19 heavy (non-hydrogen) atoms. The molecular formula is C16H26N2O. The highest BCUT2D eigenvalue weighted by Crippen LogP contribution is 2.20. The molecule has 1 aromatic rings. The molecule has 0 bridgehead atoms. The fourth-order valence-corrected chi connectivity index (χ4v) is 2.69. The van der Waals surface area contributed by atoms with E-state index in [-0.39, 0.29) is 0 Å². The van der Waals surface area contributed by atoms with Crippen molar-refractivity contribution in [1.29, 1.82) is 0 Å². The van der Waals surface area contributed by atoms with Gasteiger partial charge in [0.2, 0.25) is 0 Å². The van der Waals surface area contributed by atoms with Crippen LogP contribution in [-0.4, -0.2) is 26.7 Å². The third kappa shape index (κ3) is 4.22. The molecule has 1 aliphatic heterocycles. The Bertz CT molecular complexity index is 386. The monoisotopic (exact) mass is 262 g/mol. The zero-order valence-corrected chi connectivity index (χ0v) is 12.2. The van der Waals surface area contributed by atoms with Crippen LogP contribution in [0.5, 0.6) is 5.75 Å². The van der Waals surface area contributed by atoms with Crippen molar-refractivity contribution in [3.8, 4) is 5.75 Å². The highest BCUT2D eigenvalue weighted by Gasteiger charge is 2.12. The Labute approximate surface area is 116 Å². The van der Waals surface area contributed by atoms with Gasteiger partial charge in [-0.2, -0.15) is 0 Å². The van der Waals surface area contributed by atoms with E-state index in [0.29, 0.717) is 0 Å². The van der Waals surface area contributed by atoms with E-state index in [1.165, 1.54) is 37.1 Å². The van der Waals surface area contributed by atoms with Gasteiger partial charge in [0, 0.05) is 12.1 Å². The maximum absolute atomic E-state index is 5.44. The molecule has 0 spiro atoms. The van der Waals surface area contributed by atoms with Gasteiger partial charge in [-0.05, 0) is 56.4 Å². The first kappa shape index (κ1) is 14.4. The minimum atomic E-state index is 0.821. The molecule has 0 amide bonds. The molecular weight excluding hydrogens is 236 g/mol. The Balaban J connectivity index is 1.86. The minimum absolute atomic E-state index is 0.821. The molecule has 3 heteroatoms. The molecule has 0 unspecified atom stereocenters. The molecule has 3 nitrogen and oxygen atoms in total. The van der Waals surface area contributed by atoms with E-state index in [4.69, 9.17) is 4.74 Å². The second-order valence-electron chi connectivity index (χ2n) is 5.32. The maximum Gasteiger partial charge on any atom is 0.123 e. The summed E-state index contributed by atoms with van der Waals surface area (Å²) < 4.78 is 5.44. The Morgan fingerprint density at radius 3 is 2.79 bits per heavy atom. The van der Waals surface area contributed by atoms with Crippen LogP contribution in [0.25, 0.3) is 0 Å². The summed E-state index contributed by atoms with van der Waals surface area (Å²) in [4.78, 5) is 0. The number of ether oxygens (including phenoxy) is 1. The lowest BCUT2D eigenvalue weighted by atomic mass is 9.98. The zero-order valence-electron chi connectivity index (χ0n) is 12.2. The van der Waals surface area contributed by atoms with Gasteiger partial charge in [-0.25, -0.2) is 0 Å². The summed E-state index contributed by atoms with van der Waals surface area (Å²) in [6.07, 6.45) is 3.66. The van der Waals surface area contributed by atoms with E-state index >= 15 is 0 Å².